The molecule has 7 heteroatoms. The molecular formula is C23H25F2N3O2. The molecule has 0 spiro atoms. The van der Waals surface area contributed by atoms with Crippen LogP contribution in [0.3, 0.4) is 0 Å². The van der Waals surface area contributed by atoms with E-state index in [1.165, 1.54) is 30.3 Å². The van der Waals surface area contributed by atoms with Crippen LogP contribution in [0.1, 0.15) is 23.2 Å². The molecule has 2 aromatic carbocycles. The lowest BCUT2D eigenvalue weighted by molar-refractivity contribution is -0.137. The molecule has 158 valence electrons. The summed E-state index contributed by atoms with van der Waals surface area (Å²) in [6.07, 6.45) is 1.25. The predicted molar refractivity (Wildman–Crippen MR) is 110 cm³/mol. The number of anilines is 1. The summed E-state index contributed by atoms with van der Waals surface area (Å²) in [7, 11) is 0. The number of carbonyl (C=O) groups excluding carboxylic acids is 2. The van der Waals surface area contributed by atoms with Crippen LogP contribution in [0, 0.1) is 17.6 Å². The Morgan fingerprint density at radius 2 is 1.43 bits per heavy atom. The minimum atomic E-state index is -0.425. The Morgan fingerprint density at radius 1 is 0.767 bits per heavy atom. The second-order valence-electron chi connectivity index (χ2n) is 7.87. The number of likely N-dealkylation sites (tertiary alicyclic amines) is 1. The van der Waals surface area contributed by atoms with Crippen molar-refractivity contribution in [2.75, 3.05) is 44.2 Å². The number of hydrogen-bond donors (Lipinski definition) is 0. The first-order valence-corrected chi connectivity index (χ1v) is 10.4. The maximum absolute atomic E-state index is 13.4. The SMILES string of the molecule is O=C(c1cccc(F)c1)N1CCC(C(=O)N2CCN(c3ccc(F)cc3)CC2)CC1. The highest BCUT2D eigenvalue weighted by Crippen LogP contribution is 2.23. The van der Waals surface area contributed by atoms with Gasteiger partial charge in [-0.2, -0.15) is 0 Å². The van der Waals surface area contributed by atoms with E-state index in [1.807, 2.05) is 4.90 Å². The second-order valence-corrected chi connectivity index (χ2v) is 7.87. The van der Waals surface area contributed by atoms with Gasteiger partial charge in [-0.15, -0.1) is 0 Å². The van der Waals surface area contributed by atoms with E-state index in [0.717, 1.165) is 5.69 Å². The van der Waals surface area contributed by atoms with Crippen LogP contribution >= 0.6 is 0 Å². The molecule has 2 heterocycles. The number of rotatable bonds is 3. The van der Waals surface area contributed by atoms with Crippen LogP contribution in [0.5, 0.6) is 0 Å². The smallest absolute Gasteiger partial charge is 0.253 e. The van der Waals surface area contributed by atoms with Crippen molar-refractivity contribution in [1.82, 2.24) is 9.80 Å². The van der Waals surface area contributed by atoms with Crippen molar-refractivity contribution >= 4 is 17.5 Å². The summed E-state index contributed by atoms with van der Waals surface area (Å²) in [4.78, 5) is 31.2. The van der Waals surface area contributed by atoms with Crippen molar-refractivity contribution in [3.63, 3.8) is 0 Å². The highest BCUT2D eigenvalue weighted by Gasteiger charge is 2.32. The van der Waals surface area contributed by atoms with Crippen LogP contribution in [0.4, 0.5) is 14.5 Å². The van der Waals surface area contributed by atoms with E-state index < -0.39 is 5.82 Å². The molecule has 2 saturated heterocycles. The van der Waals surface area contributed by atoms with Gasteiger partial charge in [0.1, 0.15) is 11.6 Å². The van der Waals surface area contributed by atoms with Crippen molar-refractivity contribution in [3.8, 4) is 0 Å². The quantitative estimate of drug-likeness (QED) is 0.777. The van der Waals surface area contributed by atoms with Gasteiger partial charge in [-0.05, 0) is 55.3 Å². The molecule has 2 fully saturated rings. The fourth-order valence-corrected chi connectivity index (χ4v) is 4.23. The number of piperidine rings is 1. The van der Waals surface area contributed by atoms with Gasteiger partial charge in [0.2, 0.25) is 5.91 Å². The van der Waals surface area contributed by atoms with E-state index in [1.54, 1.807) is 23.1 Å². The molecule has 2 aliphatic rings. The minimum absolute atomic E-state index is 0.0843. The Balaban J connectivity index is 1.27. The summed E-state index contributed by atoms with van der Waals surface area (Å²) in [5.41, 5.74) is 1.31. The van der Waals surface area contributed by atoms with Gasteiger partial charge in [0.25, 0.3) is 5.91 Å². The fraction of sp³-hybridized carbons (Fsp3) is 0.391. The molecule has 0 saturated carbocycles. The Kier molecular flexibility index (Phi) is 5.97. The van der Waals surface area contributed by atoms with E-state index in [0.29, 0.717) is 57.7 Å². The molecule has 0 aromatic heterocycles. The summed E-state index contributed by atoms with van der Waals surface area (Å²) < 4.78 is 26.5. The molecule has 2 amide bonds. The molecule has 5 nitrogen and oxygen atoms in total. The summed E-state index contributed by atoms with van der Waals surface area (Å²) in [6, 6.07) is 12.1. The summed E-state index contributed by atoms with van der Waals surface area (Å²) in [6.45, 7) is 3.71. The van der Waals surface area contributed by atoms with Gasteiger partial charge in [0.05, 0.1) is 0 Å². The monoisotopic (exact) mass is 413 g/mol. The average molecular weight is 413 g/mol. The average Bonchev–Trinajstić information content (AvgIpc) is 2.79. The molecule has 0 bridgehead atoms. The van der Waals surface area contributed by atoms with Gasteiger partial charge >= 0.3 is 0 Å². The second kappa shape index (κ2) is 8.81. The molecule has 2 aliphatic heterocycles. The summed E-state index contributed by atoms with van der Waals surface area (Å²) in [5, 5.41) is 0. The molecular weight excluding hydrogens is 388 g/mol. The number of carbonyl (C=O) groups is 2. The zero-order chi connectivity index (χ0) is 21.1. The molecule has 0 unspecified atom stereocenters. The number of benzene rings is 2. The molecule has 0 N–H and O–H groups in total. The maximum Gasteiger partial charge on any atom is 0.253 e. The first-order valence-electron chi connectivity index (χ1n) is 10.4. The van der Waals surface area contributed by atoms with Crippen LogP contribution in [0.15, 0.2) is 48.5 Å². The number of hydrogen-bond acceptors (Lipinski definition) is 3. The third-order valence-corrected chi connectivity index (χ3v) is 5.99. The van der Waals surface area contributed by atoms with Crippen LogP contribution in [-0.4, -0.2) is 60.9 Å². The van der Waals surface area contributed by atoms with Crippen molar-refractivity contribution in [3.05, 3.63) is 65.7 Å². The van der Waals surface area contributed by atoms with Gasteiger partial charge in [-0.25, -0.2) is 8.78 Å². The van der Waals surface area contributed by atoms with Crippen molar-refractivity contribution in [1.29, 1.82) is 0 Å². The molecule has 2 aromatic rings. The first kappa shape index (κ1) is 20.3. The predicted octanol–water partition coefficient (Wildman–Crippen LogP) is 3.17. The normalized spacial score (nSPS) is 17.9. The number of piperazine rings is 1. The molecule has 30 heavy (non-hydrogen) atoms. The zero-order valence-corrected chi connectivity index (χ0v) is 16.8. The van der Waals surface area contributed by atoms with Crippen molar-refractivity contribution < 1.29 is 18.4 Å². The Hall–Kier alpha value is -2.96. The zero-order valence-electron chi connectivity index (χ0n) is 16.8. The Morgan fingerprint density at radius 3 is 2.07 bits per heavy atom. The van der Waals surface area contributed by atoms with Crippen LogP contribution in [0.2, 0.25) is 0 Å². The third-order valence-electron chi connectivity index (χ3n) is 5.99. The van der Waals surface area contributed by atoms with Gasteiger partial charge in [0.15, 0.2) is 0 Å². The first-order chi connectivity index (χ1) is 14.5. The lowest BCUT2D eigenvalue weighted by atomic mass is 9.94. The van der Waals surface area contributed by atoms with Crippen LogP contribution in [-0.2, 0) is 4.79 Å². The van der Waals surface area contributed by atoms with E-state index in [-0.39, 0.29) is 23.5 Å². The van der Waals surface area contributed by atoms with E-state index in [9.17, 15) is 18.4 Å². The Labute approximate surface area is 174 Å². The van der Waals surface area contributed by atoms with Crippen LogP contribution < -0.4 is 4.90 Å². The van der Waals surface area contributed by atoms with Gasteiger partial charge in [0, 0.05) is 56.4 Å². The Bertz CT molecular complexity index is 903. The molecule has 4 rings (SSSR count). The van der Waals surface area contributed by atoms with Gasteiger partial charge in [-0.3, -0.25) is 9.59 Å². The fourth-order valence-electron chi connectivity index (χ4n) is 4.23. The lowest BCUT2D eigenvalue weighted by Crippen LogP contribution is -2.52. The molecule has 0 atom stereocenters. The summed E-state index contributed by atoms with van der Waals surface area (Å²) >= 11 is 0. The number of halogens is 2. The van der Waals surface area contributed by atoms with E-state index in [4.69, 9.17) is 0 Å². The number of nitrogens with zero attached hydrogens (tertiary/aromatic N) is 3. The van der Waals surface area contributed by atoms with E-state index in [2.05, 4.69) is 4.90 Å². The van der Waals surface area contributed by atoms with Crippen molar-refractivity contribution in [2.24, 2.45) is 5.92 Å². The minimum Gasteiger partial charge on any atom is -0.368 e. The van der Waals surface area contributed by atoms with Crippen molar-refractivity contribution in [2.45, 2.75) is 12.8 Å². The largest absolute Gasteiger partial charge is 0.368 e. The van der Waals surface area contributed by atoms with Crippen LogP contribution in [0.25, 0.3) is 0 Å². The molecule has 0 aliphatic carbocycles. The maximum atomic E-state index is 13.4. The number of amides is 2. The third kappa shape index (κ3) is 4.45. The van der Waals surface area contributed by atoms with Gasteiger partial charge in [-0.1, -0.05) is 6.07 Å². The van der Waals surface area contributed by atoms with E-state index >= 15 is 0 Å². The highest BCUT2D eigenvalue weighted by molar-refractivity contribution is 5.94. The lowest BCUT2D eigenvalue weighted by Gasteiger charge is -2.39. The molecule has 0 radical (unpaired) electrons. The standard InChI is InChI=1S/C23H25F2N3O2/c24-19-4-6-21(7-5-19)26-12-14-28(15-13-26)22(29)17-8-10-27(11-9-17)23(30)18-2-1-3-20(25)16-18/h1-7,16-17H,8-15H2. The summed E-state index contributed by atoms with van der Waals surface area (Å²) in [5.74, 6) is -0.806. The van der Waals surface area contributed by atoms with Gasteiger partial charge < -0.3 is 14.7 Å². The topological polar surface area (TPSA) is 43.9 Å². The highest BCUT2D eigenvalue weighted by atomic mass is 19.1.